The highest BCUT2D eigenvalue weighted by atomic mass is 16.5. The Kier molecular flexibility index (Phi) is 3.72. The number of anilines is 1. The molecule has 0 unspecified atom stereocenters. The summed E-state index contributed by atoms with van der Waals surface area (Å²) in [6, 6.07) is 13.5. The normalized spacial score (nSPS) is 10.1. The fraction of sp³-hybridized carbons (Fsp3) is 0.200. The zero-order chi connectivity index (χ0) is 13.0. The van der Waals surface area contributed by atoms with E-state index < -0.39 is 0 Å². The van der Waals surface area contributed by atoms with Crippen molar-refractivity contribution in [2.45, 2.75) is 13.5 Å². The summed E-state index contributed by atoms with van der Waals surface area (Å²) >= 11 is 0. The van der Waals surface area contributed by atoms with Gasteiger partial charge < -0.3 is 15.2 Å². The van der Waals surface area contributed by atoms with Crippen LogP contribution in [-0.2, 0) is 6.61 Å². The summed E-state index contributed by atoms with van der Waals surface area (Å²) in [5, 5.41) is 0. The van der Waals surface area contributed by atoms with E-state index in [2.05, 4.69) is 0 Å². The van der Waals surface area contributed by atoms with Gasteiger partial charge in [0.05, 0.1) is 7.11 Å². The topological polar surface area (TPSA) is 44.5 Å². The lowest BCUT2D eigenvalue weighted by molar-refractivity contribution is 0.306. The Bertz CT molecular complexity index is 521. The lowest BCUT2D eigenvalue weighted by Gasteiger charge is -2.09. The van der Waals surface area contributed by atoms with Gasteiger partial charge in [0.25, 0.3) is 0 Å². The van der Waals surface area contributed by atoms with Gasteiger partial charge in [0.15, 0.2) is 0 Å². The van der Waals surface area contributed by atoms with Crippen LogP contribution in [0.3, 0.4) is 0 Å². The van der Waals surface area contributed by atoms with Crippen LogP contribution in [0.5, 0.6) is 11.5 Å². The summed E-state index contributed by atoms with van der Waals surface area (Å²) in [5.41, 5.74) is 8.85. The van der Waals surface area contributed by atoms with Gasteiger partial charge in [0.2, 0.25) is 0 Å². The first-order valence-electron chi connectivity index (χ1n) is 5.81. The van der Waals surface area contributed by atoms with Crippen LogP contribution >= 0.6 is 0 Å². The van der Waals surface area contributed by atoms with E-state index in [9.17, 15) is 0 Å². The first-order valence-corrected chi connectivity index (χ1v) is 5.81. The average Bonchev–Trinajstić information content (AvgIpc) is 2.38. The molecule has 0 fully saturated rings. The molecule has 0 aliphatic carbocycles. The molecule has 0 saturated heterocycles. The number of aryl methyl sites for hydroxylation is 1. The number of rotatable bonds is 4. The van der Waals surface area contributed by atoms with Crippen molar-refractivity contribution < 1.29 is 9.47 Å². The monoisotopic (exact) mass is 243 g/mol. The second-order valence-corrected chi connectivity index (χ2v) is 4.17. The lowest BCUT2D eigenvalue weighted by Crippen LogP contribution is -2.00. The summed E-state index contributed by atoms with van der Waals surface area (Å²) in [4.78, 5) is 0. The van der Waals surface area contributed by atoms with Crippen LogP contribution in [0.2, 0.25) is 0 Å². The van der Waals surface area contributed by atoms with Crippen LogP contribution in [0.4, 0.5) is 5.69 Å². The van der Waals surface area contributed by atoms with E-state index in [4.69, 9.17) is 15.2 Å². The van der Waals surface area contributed by atoms with E-state index >= 15 is 0 Å². The number of ether oxygens (including phenoxy) is 2. The van der Waals surface area contributed by atoms with Crippen molar-refractivity contribution in [3.8, 4) is 11.5 Å². The molecule has 0 aliphatic rings. The van der Waals surface area contributed by atoms with Crippen LogP contribution in [-0.4, -0.2) is 7.11 Å². The van der Waals surface area contributed by atoms with Gasteiger partial charge in [-0.1, -0.05) is 12.1 Å². The maximum absolute atomic E-state index is 5.93. The molecular formula is C15H17NO2. The van der Waals surface area contributed by atoms with Crippen molar-refractivity contribution in [3.63, 3.8) is 0 Å². The van der Waals surface area contributed by atoms with Gasteiger partial charge in [-0.3, -0.25) is 0 Å². The number of nitrogen functional groups attached to an aromatic ring is 1. The third kappa shape index (κ3) is 2.94. The summed E-state index contributed by atoms with van der Waals surface area (Å²) in [7, 11) is 1.64. The minimum Gasteiger partial charge on any atom is -0.497 e. The van der Waals surface area contributed by atoms with Crippen LogP contribution in [0.25, 0.3) is 0 Å². The average molecular weight is 243 g/mol. The highest BCUT2D eigenvalue weighted by Crippen LogP contribution is 2.20. The minimum absolute atomic E-state index is 0.471. The molecule has 2 aromatic rings. The summed E-state index contributed by atoms with van der Waals surface area (Å²) < 4.78 is 10.8. The van der Waals surface area contributed by atoms with E-state index in [1.807, 2.05) is 49.4 Å². The van der Waals surface area contributed by atoms with Crippen molar-refractivity contribution in [1.29, 1.82) is 0 Å². The number of nitrogens with two attached hydrogens (primary N) is 1. The molecule has 3 nitrogen and oxygen atoms in total. The van der Waals surface area contributed by atoms with Crippen LogP contribution in [0, 0.1) is 6.92 Å². The van der Waals surface area contributed by atoms with E-state index in [0.717, 1.165) is 28.3 Å². The van der Waals surface area contributed by atoms with Crippen molar-refractivity contribution in [1.82, 2.24) is 0 Å². The quantitative estimate of drug-likeness (QED) is 0.839. The number of hydrogen-bond acceptors (Lipinski definition) is 3. The van der Waals surface area contributed by atoms with Crippen LogP contribution < -0.4 is 15.2 Å². The molecule has 0 spiro atoms. The molecule has 0 atom stereocenters. The van der Waals surface area contributed by atoms with E-state index in [-0.39, 0.29) is 0 Å². The van der Waals surface area contributed by atoms with Gasteiger partial charge in [-0.25, -0.2) is 0 Å². The maximum Gasteiger partial charge on any atom is 0.120 e. The third-order valence-corrected chi connectivity index (χ3v) is 2.76. The molecule has 0 amide bonds. The highest BCUT2D eigenvalue weighted by Gasteiger charge is 2.01. The zero-order valence-corrected chi connectivity index (χ0v) is 10.6. The molecule has 3 heteroatoms. The summed E-state index contributed by atoms with van der Waals surface area (Å²) in [6.45, 7) is 2.49. The zero-order valence-electron chi connectivity index (χ0n) is 10.6. The standard InChI is InChI=1S/C15H17NO2/c1-11-3-4-12(15(16)9-11)10-18-14-7-5-13(17-2)6-8-14/h3-9H,10,16H2,1-2H3. The SMILES string of the molecule is COc1ccc(OCc2ccc(C)cc2N)cc1. The van der Waals surface area contributed by atoms with Crippen molar-refractivity contribution in [3.05, 3.63) is 53.6 Å². The first kappa shape index (κ1) is 12.3. The highest BCUT2D eigenvalue weighted by molar-refractivity contribution is 5.48. The first-order chi connectivity index (χ1) is 8.69. The van der Waals surface area contributed by atoms with Gasteiger partial charge in [-0.05, 0) is 42.8 Å². The predicted octanol–water partition coefficient (Wildman–Crippen LogP) is 3.16. The smallest absolute Gasteiger partial charge is 0.120 e. The Morgan fingerprint density at radius 3 is 2.28 bits per heavy atom. The van der Waals surface area contributed by atoms with Crippen molar-refractivity contribution in [2.24, 2.45) is 0 Å². The second kappa shape index (κ2) is 5.45. The Morgan fingerprint density at radius 2 is 1.67 bits per heavy atom. The molecule has 2 rings (SSSR count). The molecule has 0 radical (unpaired) electrons. The molecule has 0 aromatic heterocycles. The Labute approximate surface area is 107 Å². The Morgan fingerprint density at radius 1 is 1.00 bits per heavy atom. The van der Waals surface area contributed by atoms with Gasteiger partial charge in [0, 0.05) is 11.3 Å². The van der Waals surface area contributed by atoms with Crippen LogP contribution in [0.1, 0.15) is 11.1 Å². The molecule has 18 heavy (non-hydrogen) atoms. The van der Waals surface area contributed by atoms with Crippen molar-refractivity contribution >= 4 is 5.69 Å². The molecule has 0 heterocycles. The minimum atomic E-state index is 0.471. The molecule has 0 aliphatic heterocycles. The summed E-state index contributed by atoms with van der Waals surface area (Å²) in [6.07, 6.45) is 0. The number of hydrogen-bond donors (Lipinski definition) is 1. The molecule has 2 aromatic carbocycles. The Balaban J connectivity index is 2.02. The van der Waals surface area contributed by atoms with E-state index in [1.54, 1.807) is 7.11 Å². The fourth-order valence-electron chi connectivity index (χ4n) is 1.68. The maximum atomic E-state index is 5.93. The largest absolute Gasteiger partial charge is 0.497 e. The summed E-state index contributed by atoms with van der Waals surface area (Å²) in [5.74, 6) is 1.62. The van der Waals surface area contributed by atoms with Gasteiger partial charge in [0.1, 0.15) is 18.1 Å². The van der Waals surface area contributed by atoms with Gasteiger partial charge in [-0.15, -0.1) is 0 Å². The second-order valence-electron chi connectivity index (χ2n) is 4.17. The van der Waals surface area contributed by atoms with E-state index in [0.29, 0.717) is 6.61 Å². The molecule has 0 saturated carbocycles. The fourth-order valence-corrected chi connectivity index (χ4v) is 1.68. The molecule has 2 N–H and O–H groups in total. The molecule has 94 valence electrons. The molecular weight excluding hydrogens is 226 g/mol. The Hall–Kier alpha value is -2.16. The third-order valence-electron chi connectivity index (χ3n) is 2.76. The van der Waals surface area contributed by atoms with Crippen LogP contribution in [0.15, 0.2) is 42.5 Å². The number of benzene rings is 2. The predicted molar refractivity (Wildman–Crippen MR) is 72.9 cm³/mol. The lowest BCUT2D eigenvalue weighted by atomic mass is 10.1. The molecule has 0 bridgehead atoms. The van der Waals surface area contributed by atoms with E-state index in [1.165, 1.54) is 0 Å². The number of methoxy groups -OCH3 is 1. The van der Waals surface area contributed by atoms with Gasteiger partial charge >= 0.3 is 0 Å². The van der Waals surface area contributed by atoms with Gasteiger partial charge in [-0.2, -0.15) is 0 Å². The van der Waals surface area contributed by atoms with Crippen molar-refractivity contribution in [2.75, 3.05) is 12.8 Å².